The van der Waals surface area contributed by atoms with Crippen LogP contribution in [0.15, 0.2) is 24.3 Å². The fourth-order valence-electron chi connectivity index (χ4n) is 6.20. The van der Waals surface area contributed by atoms with Crippen molar-refractivity contribution in [1.82, 2.24) is 4.90 Å². The zero-order valence-corrected chi connectivity index (χ0v) is 17.3. The summed E-state index contributed by atoms with van der Waals surface area (Å²) >= 11 is 7.79. The molecule has 0 N–H and O–H groups in total. The van der Waals surface area contributed by atoms with E-state index >= 15 is 0 Å². The van der Waals surface area contributed by atoms with Crippen molar-refractivity contribution in [2.75, 3.05) is 11.4 Å². The fourth-order valence-corrected chi connectivity index (χ4v) is 8.36. The van der Waals surface area contributed by atoms with Crippen LogP contribution in [0, 0.1) is 5.41 Å². The van der Waals surface area contributed by atoms with Gasteiger partial charge in [0.1, 0.15) is 14.8 Å². The summed E-state index contributed by atoms with van der Waals surface area (Å²) in [5.41, 5.74) is 1.30. The van der Waals surface area contributed by atoms with Gasteiger partial charge in [-0.25, -0.2) is 0 Å². The summed E-state index contributed by atoms with van der Waals surface area (Å²) in [4.78, 5) is 30.1. The number of para-hydroxylation sites is 1. The van der Waals surface area contributed by atoms with E-state index in [4.69, 9.17) is 0 Å². The minimum absolute atomic E-state index is 0.0835. The van der Waals surface area contributed by atoms with Gasteiger partial charge in [0.05, 0.1) is 5.69 Å². The molecule has 1 unspecified atom stereocenters. The smallest absolute Gasteiger partial charge is 0.240 e. The molecule has 0 aliphatic carbocycles. The van der Waals surface area contributed by atoms with Crippen LogP contribution >= 0.6 is 31.9 Å². The largest absolute Gasteiger partial charge is 0.316 e. The van der Waals surface area contributed by atoms with E-state index in [1.54, 1.807) is 0 Å². The quantitative estimate of drug-likeness (QED) is 0.587. The first-order valence-corrected chi connectivity index (χ1v) is 10.7. The molecule has 2 amide bonds. The lowest BCUT2D eigenvalue weighted by molar-refractivity contribution is -0.151. The minimum atomic E-state index is -0.642. The van der Waals surface area contributed by atoms with Crippen molar-refractivity contribution in [1.29, 1.82) is 0 Å². The summed E-state index contributed by atoms with van der Waals surface area (Å²) in [5, 5.41) is 0. The van der Waals surface area contributed by atoms with Crippen LogP contribution in [0.5, 0.6) is 0 Å². The van der Waals surface area contributed by atoms with E-state index < -0.39 is 9.99 Å². The van der Waals surface area contributed by atoms with Crippen molar-refractivity contribution in [2.24, 2.45) is 5.41 Å². The van der Waals surface area contributed by atoms with Gasteiger partial charge < -0.3 is 4.90 Å². The summed E-state index contributed by atoms with van der Waals surface area (Å²) in [6, 6.07) is 8.10. The van der Waals surface area contributed by atoms with E-state index in [2.05, 4.69) is 44.8 Å². The SMILES string of the molecule is CC[C@@]12CCCN3C(=O)[C@H](Br)[C@@]4(Br)c5ccccc5N(C(=O)CC1)C324. The van der Waals surface area contributed by atoms with Crippen LogP contribution in [0.1, 0.15) is 44.6 Å². The summed E-state index contributed by atoms with van der Waals surface area (Å²) in [6.45, 7) is 2.93. The molecular formula is C19H20Br2N2O2. The van der Waals surface area contributed by atoms with Gasteiger partial charge in [-0.1, -0.05) is 57.0 Å². The van der Waals surface area contributed by atoms with E-state index in [1.807, 2.05) is 28.0 Å². The second-order valence-electron chi connectivity index (χ2n) is 7.72. The highest BCUT2D eigenvalue weighted by Crippen LogP contribution is 2.73. The predicted molar refractivity (Wildman–Crippen MR) is 103 cm³/mol. The van der Waals surface area contributed by atoms with Gasteiger partial charge in [0.15, 0.2) is 0 Å². The van der Waals surface area contributed by atoms with Crippen LogP contribution in [-0.2, 0) is 13.9 Å². The van der Waals surface area contributed by atoms with E-state index in [0.717, 1.165) is 36.9 Å². The van der Waals surface area contributed by atoms with Crippen molar-refractivity contribution >= 4 is 49.4 Å². The lowest BCUT2D eigenvalue weighted by Crippen LogP contribution is -2.76. The average Bonchev–Trinajstić information content (AvgIpc) is 2.97. The summed E-state index contributed by atoms with van der Waals surface area (Å²) < 4.78 is -0.611. The number of carbonyl (C=O) groups is 2. The van der Waals surface area contributed by atoms with Gasteiger partial charge >= 0.3 is 0 Å². The molecule has 4 atom stereocenters. The Labute approximate surface area is 164 Å². The highest BCUT2D eigenvalue weighted by molar-refractivity contribution is 9.12. The number of hydrogen-bond donors (Lipinski definition) is 0. The number of hydrogen-bond acceptors (Lipinski definition) is 2. The monoisotopic (exact) mass is 466 g/mol. The van der Waals surface area contributed by atoms with Crippen LogP contribution in [0.4, 0.5) is 5.69 Å². The third kappa shape index (κ3) is 1.46. The van der Waals surface area contributed by atoms with Crippen LogP contribution in [0.2, 0.25) is 0 Å². The molecule has 4 heterocycles. The average molecular weight is 468 g/mol. The molecule has 4 aliphatic heterocycles. The Hall–Kier alpha value is -0.880. The number of nitrogens with zero attached hydrogens (tertiary/aromatic N) is 2. The Morgan fingerprint density at radius 2 is 2.00 bits per heavy atom. The molecule has 132 valence electrons. The minimum Gasteiger partial charge on any atom is -0.316 e. The zero-order valence-electron chi connectivity index (χ0n) is 14.1. The van der Waals surface area contributed by atoms with Crippen LogP contribution in [0.25, 0.3) is 0 Å². The number of anilines is 1. The van der Waals surface area contributed by atoms with Crippen molar-refractivity contribution in [3.05, 3.63) is 29.8 Å². The van der Waals surface area contributed by atoms with Crippen molar-refractivity contribution in [2.45, 2.75) is 53.8 Å². The van der Waals surface area contributed by atoms with Crippen molar-refractivity contribution < 1.29 is 9.59 Å². The predicted octanol–water partition coefficient (Wildman–Crippen LogP) is 3.91. The summed E-state index contributed by atoms with van der Waals surface area (Å²) in [5.74, 6) is 0.239. The third-order valence-electron chi connectivity index (χ3n) is 7.11. The van der Waals surface area contributed by atoms with Gasteiger partial charge in [0.25, 0.3) is 0 Å². The second kappa shape index (κ2) is 4.89. The second-order valence-corrected chi connectivity index (χ2v) is 9.89. The normalized spacial score (nSPS) is 41.6. The number of fused-ring (bicyclic) bond motifs is 3. The van der Waals surface area contributed by atoms with Gasteiger partial charge in [-0.05, 0) is 37.3 Å². The first-order chi connectivity index (χ1) is 12.0. The first-order valence-electron chi connectivity index (χ1n) is 9.03. The maximum atomic E-state index is 13.3. The van der Waals surface area contributed by atoms with E-state index in [1.165, 1.54) is 0 Å². The summed E-state index contributed by atoms with van der Waals surface area (Å²) in [7, 11) is 0. The summed E-state index contributed by atoms with van der Waals surface area (Å²) in [6.07, 6.45) is 4.42. The van der Waals surface area contributed by atoms with Gasteiger partial charge in [0, 0.05) is 18.4 Å². The molecule has 4 aliphatic rings. The fraction of sp³-hybridized carbons (Fsp3) is 0.579. The molecule has 4 nitrogen and oxygen atoms in total. The maximum absolute atomic E-state index is 13.3. The number of rotatable bonds is 1. The number of halogens is 2. The van der Waals surface area contributed by atoms with Crippen LogP contribution in [0.3, 0.4) is 0 Å². The molecule has 1 aromatic rings. The molecular weight excluding hydrogens is 448 g/mol. The topological polar surface area (TPSA) is 40.6 Å². The Bertz CT molecular complexity index is 814. The zero-order chi connectivity index (χ0) is 17.6. The molecule has 3 saturated heterocycles. The van der Waals surface area contributed by atoms with Gasteiger partial charge in [-0.15, -0.1) is 0 Å². The van der Waals surface area contributed by atoms with Crippen LogP contribution < -0.4 is 4.90 Å². The van der Waals surface area contributed by atoms with E-state index in [0.29, 0.717) is 13.0 Å². The highest BCUT2D eigenvalue weighted by atomic mass is 79.9. The molecule has 0 aromatic heterocycles. The van der Waals surface area contributed by atoms with Gasteiger partial charge in [-0.2, -0.15) is 0 Å². The van der Waals surface area contributed by atoms with E-state index in [9.17, 15) is 9.59 Å². The lowest BCUT2D eigenvalue weighted by Gasteiger charge is -2.63. The Morgan fingerprint density at radius 1 is 1.24 bits per heavy atom. The molecule has 0 saturated carbocycles. The van der Waals surface area contributed by atoms with Crippen molar-refractivity contribution in [3.63, 3.8) is 0 Å². The van der Waals surface area contributed by atoms with E-state index in [-0.39, 0.29) is 22.1 Å². The molecule has 25 heavy (non-hydrogen) atoms. The molecule has 1 spiro atoms. The standard InChI is InChI=1S/C19H20Br2N2O2/c1-2-17-9-5-11-22-16(25)15(20)18(21)12-6-3-4-7-13(12)23(19(17,18)22)14(24)8-10-17/h3-4,6-7,15H,2,5,8-11H2,1H3/t15-,17+,18-,19?/m0/s1. The Morgan fingerprint density at radius 3 is 2.76 bits per heavy atom. The van der Waals surface area contributed by atoms with Gasteiger partial charge in [-0.3, -0.25) is 14.5 Å². The number of benzene rings is 1. The highest BCUT2D eigenvalue weighted by Gasteiger charge is 2.82. The molecule has 0 radical (unpaired) electrons. The lowest BCUT2D eigenvalue weighted by atomic mass is 9.59. The van der Waals surface area contributed by atoms with Crippen molar-refractivity contribution in [3.8, 4) is 0 Å². The Kier molecular flexibility index (Phi) is 3.19. The molecule has 5 rings (SSSR count). The first kappa shape index (κ1) is 16.3. The number of amides is 2. The molecule has 6 heteroatoms. The van der Waals surface area contributed by atoms with Crippen LogP contribution in [-0.4, -0.2) is 33.7 Å². The number of carbonyl (C=O) groups excluding carboxylic acids is 2. The molecule has 1 aromatic carbocycles. The Balaban J connectivity index is 1.93. The third-order valence-corrected chi connectivity index (χ3v) is 10.2. The molecule has 3 fully saturated rings. The number of alkyl halides is 2. The number of piperidine rings is 2. The van der Waals surface area contributed by atoms with Gasteiger partial charge in [0.2, 0.25) is 11.8 Å². The maximum Gasteiger partial charge on any atom is 0.240 e. The molecule has 0 bridgehead atoms.